The van der Waals surface area contributed by atoms with E-state index in [9.17, 15) is 19.0 Å². The summed E-state index contributed by atoms with van der Waals surface area (Å²) in [6.07, 6.45) is 51.2. The third-order valence-electron chi connectivity index (χ3n) is 9.38. The summed E-state index contributed by atoms with van der Waals surface area (Å²) < 4.78 is 32.7. The van der Waals surface area contributed by atoms with E-state index in [0.717, 1.165) is 51.4 Å². The molecular weight excluding hydrogens is 737 g/mol. The van der Waals surface area contributed by atoms with Gasteiger partial charge in [0.1, 0.15) is 6.61 Å². The van der Waals surface area contributed by atoms with Crippen LogP contribution in [0.2, 0.25) is 0 Å². The van der Waals surface area contributed by atoms with Gasteiger partial charge in [0.15, 0.2) is 6.10 Å². The minimum Gasteiger partial charge on any atom is -0.462 e. The van der Waals surface area contributed by atoms with Gasteiger partial charge in [-0.3, -0.25) is 18.6 Å². The Morgan fingerprint density at radius 3 is 1.46 bits per heavy atom. The number of unbranched alkanes of at least 4 members (excludes halogenated alkanes) is 19. The fraction of sp³-hybridized carbons (Fsp3) is 0.745. The molecule has 0 aliphatic carbocycles. The molecule has 0 heterocycles. The Bertz CT molecular complexity index is 1120. The van der Waals surface area contributed by atoms with Gasteiger partial charge >= 0.3 is 19.8 Å². The van der Waals surface area contributed by atoms with Gasteiger partial charge in [0.2, 0.25) is 0 Å². The van der Waals surface area contributed by atoms with E-state index >= 15 is 0 Å². The number of carbonyl (C=O) groups excluding carboxylic acids is 2. The first-order valence-electron chi connectivity index (χ1n) is 22.8. The predicted molar refractivity (Wildman–Crippen MR) is 238 cm³/mol. The standard InChI is InChI=1S/C47H84NO8P/c1-3-5-7-9-11-13-15-17-19-21-22-24-25-27-29-31-33-35-37-39-46(49)53-43-45(44-55-57(51,52)54-42-41-48)56-47(50)40-38-36-34-32-30-28-26-23-20-18-16-14-12-10-8-6-4-2/h12,14,18,20-22,26,28,32,34,45H,3-11,13,15-17,19,23-25,27,29-31,33,35-44,48H2,1-2H3,(H,51,52)/b14-12-,20-18-,22-21-,28-26-,34-32-/t45-/m1/s1. The summed E-state index contributed by atoms with van der Waals surface area (Å²) >= 11 is 0. The first-order valence-corrected chi connectivity index (χ1v) is 24.3. The van der Waals surface area contributed by atoms with E-state index in [-0.39, 0.29) is 32.6 Å². The maximum atomic E-state index is 12.6. The molecule has 57 heavy (non-hydrogen) atoms. The molecule has 0 aliphatic rings. The highest BCUT2D eigenvalue weighted by Gasteiger charge is 2.25. The Balaban J connectivity index is 4.22. The Morgan fingerprint density at radius 2 is 0.930 bits per heavy atom. The van der Waals surface area contributed by atoms with Gasteiger partial charge in [-0.1, -0.05) is 164 Å². The number of allylic oxidation sites excluding steroid dienone is 10. The number of carbonyl (C=O) groups is 2. The van der Waals surface area contributed by atoms with Crippen molar-refractivity contribution < 1.29 is 37.6 Å². The maximum absolute atomic E-state index is 12.6. The largest absolute Gasteiger partial charge is 0.472 e. The molecule has 0 aromatic rings. The highest BCUT2D eigenvalue weighted by atomic mass is 31.2. The maximum Gasteiger partial charge on any atom is 0.472 e. The molecule has 9 nitrogen and oxygen atoms in total. The molecule has 0 radical (unpaired) electrons. The van der Waals surface area contributed by atoms with Crippen LogP contribution in [-0.4, -0.2) is 49.3 Å². The quantitative estimate of drug-likeness (QED) is 0.0267. The lowest BCUT2D eigenvalue weighted by Crippen LogP contribution is -2.29. The molecule has 10 heteroatoms. The number of rotatable bonds is 42. The molecule has 2 atom stereocenters. The van der Waals surface area contributed by atoms with Crippen LogP contribution < -0.4 is 5.73 Å². The molecule has 0 saturated carbocycles. The first-order chi connectivity index (χ1) is 27.8. The Morgan fingerprint density at radius 1 is 0.526 bits per heavy atom. The zero-order valence-corrected chi connectivity index (χ0v) is 37.2. The molecule has 0 fully saturated rings. The van der Waals surface area contributed by atoms with Gasteiger partial charge in [0.05, 0.1) is 13.2 Å². The summed E-state index contributed by atoms with van der Waals surface area (Å²) in [5.74, 6) is -0.900. The molecule has 1 unspecified atom stereocenters. The molecule has 3 N–H and O–H groups in total. The van der Waals surface area contributed by atoms with Crippen molar-refractivity contribution in [1.29, 1.82) is 0 Å². The number of ether oxygens (including phenoxy) is 2. The summed E-state index contributed by atoms with van der Waals surface area (Å²) in [5, 5.41) is 0. The molecule has 0 bridgehead atoms. The van der Waals surface area contributed by atoms with Crippen molar-refractivity contribution in [3.05, 3.63) is 60.8 Å². The molecule has 330 valence electrons. The van der Waals surface area contributed by atoms with Gasteiger partial charge in [-0.05, 0) is 77.0 Å². The second-order valence-corrected chi connectivity index (χ2v) is 16.4. The molecule has 0 rings (SSSR count). The van der Waals surface area contributed by atoms with Crippen molar-refractivity contribution in [2.45, 2.75) is 200 Å². The molecule has 0 spiro atoms. The summed E-state index contributed by atoms with van der Waals surface area (Å²) in [6.45, 7) is 3.64. The van der Waals surface area contributed by atoms with Gasteiger partial charge in [0.25, 0.3) is 0 Å². The number of hydrogen-bond donors (Lipinski definition) is 2. The summed E-state index contributed by atoms with van der Waals surface area (Å²) in [4.78, 5) is 34.9. The lowest BCUT2D eigenvalue weighted by atomic mass is 10.1. The Hall–Kier alpha value is -2.29. The van der Waals surface area contributed by atoms with Crippen molar-refractivity contribution in [2.24, 2.45) is 5.73 Å². The normalized spacial score (nSPS) is 13.8. The van der Waals surface area contributed by atoms with Gasteiger partial charge < -0.3 is 20.1 Å². The van der Waals surface area contributed by atoms with Crippen molar-refractivity contribution in [3.63, 3.8) is 0 Å². The van der Waals surface area contributed by atoms with E-state index in [1.807, 2.05) is 6.08 Å². The van der Waals surface area contributed by atoms with E-state index in [4.69, 9.17) is 24.3 Å². The average Bonchev–Trinajstić information content (AvgIpc) is 3.20. The number of hydrogen-bond acceptors (Lipinski definition) is 8. The molecule has 0 aromatic heterocycles. The number of phosphoric acid groups is 1. The van der Waals surface area contributed by atoms with Crippen molar-refractivity contribution in [1.82, 2.24) is 0 Å². The monoisotopic (exact) mass is 822 g/mol. The fourth-order valence-corrected chi connectivity index (χ4v) is 6.74. The van der Waals surface area contributed by atoms with E-state index in [2.05, 4.69) is 68.5 Å². The van der Waals surface area contributed by atoms with Crippen LogP contribution in [0.5, 0.6) is 0 Å². The van der Waals surface area contributed by atoms with E-state index < -0.39 is 32.5 Å². The number of nitrogens with two attached hydrogens (primary N) is 1. The van der Waals surface area contributed by atoms with E-state index in [0.29, 0.717) is 12.8 Å². The van der Waals surface area contributed by atoms with Gasteiger partial charge in [0, 0.05) is 19.4 Å². The second kappa shape index (κ2) is 43.3. The van der Waals surface area contributed by atoms with Crippen LogP contribution in [0.25, 0.3) is 0 Å². The predicted octanol–water partition coefficient (Wildman–Crippen LogP) is 13.3. The second-order valence-electron chi connectivity index (χ2n) is 14.9. The van der Waals surface area contributed by atoms with Gasteiger partial charge in [-0.15, -0.1) is 0 Å². The zero-order chi connectivity index (χ0) is 41.8. The number of phosphoric ester groups is 1. The molecule has 0 aliphatic heterocycles. The van der Waals surface area contributed by atoms with Gasteiger partial charge in [-0.25, -0.2) is 4.57 Å². The van der Waals surface area contributed by atoms with Crippen molar-refractivity contribution in [2.75, 3.05) is 26.4 Å². The average molecular weight is 822 g/mol. The van der Waals surface area contributed by atoms with E-state index in [1.165, 1.54) is 103 Å². The van der Waals surface area contributed by atoms with Crippen LogP contribution >= 0.6 is 7.82 Å². The van der Waals surface area contributed by atoms with Crippen LogP contribution in [0.1, 0.15) is 194 Å². The van der Waals surface area contributed by atoms with E-state index in [1.54, 1.807) is 0 Å². The van der Waals surface area contributed by atoms with Crippen LogP contribution in [0, 0.1) is 0 Å². The first kappa shape index (κ1) is 54.7. The van der Waals surface area contributed by atoms with Crippen LogP contribution in [-0.2, 0) is 32.7 Å². The lowest BCUT2D eigenvalue weighted by Gasteiger charge is -2.19. The smallest absolute Gasteiger partial charge is 0.462 e. The zero-order valence-electron chi connectivity index (χ0n) is 36.3. The fourth-order valence-electron chi connectivity index (χ4n) is 5.97. The summed E-state index contributed by atoms with van der Waals surface area (Å²) in [5.41, 5.74) is 5.35. The third-order valence-corrected chi connectivity index (χ3v) is 10.4. The highest BCUT2D eigenvalue weighted by molar-refractivity contribution is 7.47. The van der Waals surface area contributed by atoms with Crippen LogP contribution in [0.3, 0.4) is 0 Å². The Labute approximate surface area is 349 Å². The third kappa shape index (κ3) is 43.1. The summed E-state index contributed by atoms with van der Waals surface area (Å²) in [6, 6.07) is 0. The van der Waals surface area contributed by atoms with Crippen LogP contribution in [0.4, 0.5) is 0 Å². The lowest BCUT2D eigenvalue weighted by molar-refractivity contribution is -0.161. The van der Waals surface area contributed by atoms with Crippen molar-refractivity contribution in [3.8, 4) is 0 Å². The highest BCUT2D eigenvalue weighted by Crippen LogP contribution is 2.43. The molecule has 0 saturated heterocycles. The Kier molecular flexibility index (Phi) is 41.6. The van der Waals surface area contributed by atoms with Crippen LogP contribution in [0.15, 0.2) is 60.8 Å². The molecular formula is C47H84NO8P. The molecule has 0 aromatic carbocycles. The summed E-state index contributed by atoms with van der Waals surface area (Å²) in [7, 11) is -4.40. The minimum absolute atomic E-state index is 0.0421. The SMILES string of the molecule is CCCCC/C=C\C/C=C\C/C=C\C/C=C\CCCC(=O)O[C@H](COC(=O)CCCCCCCCC/C=C\CCCCCCCCCC)COP(=O)(O)OCCN. The van der Waals surface area contributed by atoms with Crippen molar-refractivity contribution >= 4 is 19.8 Å². The molecule has 0 amide bonds. The minimum atomic E-state index is -4.40. The topological polar surface area (TPSA) is 134 Å². The van der Waals surface area contributed by atoms with Gasteiger partial charge in [-0.2, -0.15) is 0 Å². The number of esters is 2.